The van der Waals surface area contributed by atoms with Crippen LogP contribution in [0.3, 0.4) is 0 Å². The molecule has 0 aromatic carbocycles. The van der Waals surface area contributed by atoms with E-state index < -0.39 is 11.4 Å². The van der Waals surface area contributed by atoms with Crippen LogP contribution in [0.2, 0.25) is 0 Å². The van der Waals surface area contributed by atoms with Crippen molar-refractivity contribution in [3.05, 3.63) is 23.5 Å². The molecule has 0 saturated carbocycles. The van der Waals surface area contributed by atoms with Gasteiger partial charge in [-0.15, -0.1) is 0 Å². The number of allylic oxidation sites excluding steroid dienone is 3. The molecule has 250 valence electrons. The molecule has 2 aliphatic heterocycles. The van der Waals surface area contributed by atoms with Crippen LogP contribution in [-0.2, 0) is 47.6 Å². The molecule has 44 heavy (non-hydrogen) atoms. The van der Waals surface area contributed by atoms with Crippen LogP contribution >= 0.6 is 0 Å². The Labute approximate surface area is 261 Å². The molecular weight excluding hydrogens is 574 g/mol. The third-order valence-corrected chi connectivity index (χ3v) is 6.94. The van der Waals surface area contributed by atoms with E-state index in [0.717, 1.165) is 38.4 Å². The van der Waals surface area contributed by atoms with Crippen LogP contribution in [0.5, 0.6) is 0 Å². The Morgan fingerprint density at radius 1 is 0.750 bits per heavy atom. The maximum Gasteiger partial charge on any atom is 0.333 e. The van der Waals surface area contributed by atoms with E-state index in [2.05, 4.69) is 19.9 Å². The van der Waals surface area contributed by atoms with Gasteiger partial charge in [-0.2, -0.15) is 0 Å². The molecule has 0 spiro atoms. The third-order valence-electron chi connectivity index (χ3n) is 6.94. The number of unbranched alkanes of at least 4 members (excludes halogenated alkanes) is 1. The highest BCUT2D eigenvalue weighted by Crippen LogP contribution is 2.20. The molecule has 2 aliphatic rings. The molecule has 2 fully saturated rings. The molecule has 0 radical (unpaired) electrons. The summed E-state index contributed by atoms with van der Waals surface area (Å²) < 4.78 is 32.0. The summed E-state index contributed by atoms with van der Waals surface area (Å²) >= 11 is 0. The molecule has 0 aromatic rings. The van der Waals surface area contributed by atoms with Gasteiger partial charge in [0.05, 0.1) is 44.2 Å². The predicted octanol–water partition coefficient (Wildman–Crippen LogP) is 1.81. The molecule has 2 heterocycles. The average Bonchev–Trinajstić information content (AvgIpc) is 3.94. The SMILES string of the molecule is COC(=O)/C(C)=C/CCC=C(C)OCOCCNCCC(=O)OCC(C)(COC(=O)CCN1CC1)COC(=O)CCN1CC1. The summed E-state index contributed by atoms with van der Waals surface area (Å²) in [5.74, 6) is -0.667. The highest BCUT2D eigenvalue weighted by Gasteiger charge is 2.31. The first kappa shape index (κ1) is 37.2. The van der Waals surface area contributed by atoms with Gasteiger partial charge >= 0.3 is 23.9 Å². The summed E-state index contributed by atoms with van der Waals surface area (Å²) in [4.78, 5) is 52.3. The minimum absolute atomic E-state index is 0.0169. The van der Waals surface area contributed by atoms with Gasteiger partial charge in [0.25, 0.3) is 0 Å². The number of hydrogen-bond acceptors (Lipinski definition) is 13. The Balaban J connectivity index is 1.58. The minimum Gasteiger partial charge on any atom is -0.473 e. The number of hydrogen-bond donors (Lipinski definition) is 1. The second-order valence-electron chi connectivity index (χ2n) is 11.4. The van der Waals surface area contributed by atoms with Crippen molar-refractivity contribution in [2.24, 2.45) is 5.41 Å². The Hall–Kier alpha value is -3.00. The standard InChI is InChI=1S/C31H51N3O10/c1-25(30(38)39-4)7-5-6-8-26(2)44-24-40-20-13-32-12-9-27(35)41-21-31(3,22-42-28(36)10-14-33-16-17-33)23-43-29(37)11-15-34-18-19-34/h7-8,32H,5-6,9-24H2,1-4H3/b25-7+,26-8?. The molecule has 13 nitrogen and oxygen atoms in total. The van der Waals surface area contributed by atoms with E-state index >= 15 is 0 Å². The van der Waals surface area contributed by atoms with Crippen molar-refractivity contribution in [2.75, 3.05) is 92.7 Å². The lowest BCUT2D eigenvalue weighted by molar-refractivity contribution is -0.160. The molecule has 2 rings (SSSR count). The Morgan fingerprint density at radius 3 is 1.80 bits per heavy atom. The summed E-state index contributed by atoms with van der Waals surface area (Å²) in [7, 11) is 1.36. The second-order valence-corrected chi connectivity index (χ2v) is 11.4. The summed E-state index contributed by atoms with van der Waals surface area (Å²) in [5, 5.41) is 3.12. The van der Waals surface area contributed by atoms with Crippen LogP contribution in [0.1, 0.15) is 52.9 Å². The van der Waals surface area contributed by atoms with Gasteiger partial charge in [-0.25, -0.2) is 4.79 Å². The van der Waals surface area contributed by atoms with Gasteiger partial charge in [-0.1, -0.05) is 6.08 Å². The zero-order chi connectivity index (χ0) is 32.2. The molecular formula is C31H51N3O10. The number of carbonyl (C=O) groups is 4. The molecule has 0 amide bonds. The van der Waals surface area contributed by atoms with E-state index in [9.17, 15) is 19.2 Å². The van der Waals surface area contributed by atoms with Crippen molar-refractivity contribution < 1.29 is 47.6 Å². The van der Waals surface area contributed by atoms with Crippen LogP contribution in [0, 0.1) is 5.41 Å². The van der Waals surface area contributed by atoms with E-state index in [4.69, 9.17) is 23.7 Å². The number of methoxy groups -OCH3 is 1. The fraction of sp³-hybridized carbons (Fsp3) is 0.742. The molecule has 0 bridgehead atoms. The first-order chi connectivity index (χ1) is 21.1. The smallest absolute Gasteiger partial charge is 0.333 e. The van der Waals surface area contributed by atoms with E-state index in [1.165, 1.54) is 7.11 Å². The molecule has 0 aromatic heterocycles. The number of nitrogens with one attached hydrogen (secondary N) is 1. The number of carbonyl (C=O) groups excluding carboxylic acids is 4. The van der Waals surface area contributed by atoms with E-state index in [1.54, 1.807) is 13.8 Å². The van der Waals surface area contributed by atoms with Crippen LogP contribution in [0.4, 0.5) is 0 Å². The highest BCUT2D eigenvalue weighted by atomic mass is 16.7. The number of ether oxygens (including phenoxy) is 6. The van der Waals surface area contributed by atoms with Crippen molar-refractivity contribution in [1.82, 2.24) is 15.1 Å². The van der Waals surface area contributed by atoms with Gasteiger partial charge in [-0.3, -0.25) is 14.4 Å². The summed E-state index contributed by atoms with van der Waals surface area (Å²) in [6, 6.07) is 0. The normalized spacial score (nSPS) is 15.5. The fourth-order valence-corrected chi connectivity index (χ4v) is 3.74. The Kier molecular flexibility index (Phi) is 17.6. The zero-order valence-electron chi connectivity index (χ0n) is 26.9. The van der Waals surface area contributed by atoms with Gasteiger partial charge in [-0.05, 0) is 39.7 Å². The van der Waals surface area contributed by atoms with Gasteiger partial charge in [0, 0.05) is 57.9 Å². The maximum absolute atomic E-state index is 12.4. The molecule has 0 aliphatic carbocycles. The summed E-state index contributed by atoms with van der Waals surface area (Å²) in [5.41, 5.74) is -0.277. The van der Waals surface area contributed by atoms with Crippen molar-refractivity contribution in [3.63, 3.8) is 0 Å². The van der Waals surface area contributed by atoms with E-state index in [-0.39, 0.29) is 50.9 Å². The largest absolute Gasteiger partial charge is 0.473 e. The zero-order valence-corrected chi connectivity index (χ0v) is 26.9. The van der Waals surface area contributed by atoms with Gasteiger partial charge < -0.3 is 43.5 Å². The fourth-order valence-electron chi connectivity index (χ4n) is 3.74. The van der Waals surface area contributed by atoms with Crippen molar-refractivity contribution in [1.29, 1.82) is 0 Å². The molecule has 0 unspecified atom stereocenters. The van der Waals surface area contributed by atoms with Crippen molar-refractivity contribution in [3.8, 4) is 0 Å². The topological polar surface area (TPSA) is 142 Å². The van der Waals surface area contributed by atoms with Gasteiger partial charge in [0.15, 0.2) is 6.79 Å². The van der Waals surface area contributed by atoms with E-state index in [0.29, 0.717) is 57.6 Å². The number of rotatable bonds is 25. The quantitative estimate of drug-likeness (QED) is 0.0300. The van der Waals surface area contributed by atoms with Crippen molar-refractivity contribution in [2.45, 2.75) is 52.9 Å². The Bertz CT molecular complexity index is 944. The predicted molar refractivity (Wildman–Crippen MR) is 161 cm³/mol. The van der Waals surface area contributed by atoms with Crippen LogP contribution in [-0.4, -0.2) is 126 Å². The van der Waals surface area contributed by atoms with Gasteiger partial charge in [0.2, 0.25) is 0 Å². The van der Waals surface area contributed by atoms with Crippen molar-refractivity contribution >= 4 is 23.9 Å². The Morgan fingerprint density at radius 2 is 1.27 bits per heavy atom. The number of nitrogens with zero attached hydrogens (tertiary/aromatic N) is 2. The summed E-state index contributed by atoms with van der Waals surface area (Å²) in [6.45, 7) is 12.0. The minimum atomic E-state index is -0.854. The first-order valence-corrected chi connectivity index (χ1v) is 15.3. The average molecular weight is 626 g/mol. The highest BCUT2D eigenvalue weighted by molar-refractivity contribution is 5.87. The lowest BCUT2D eigenvalue weighted by atomic mass is 9.94. The lowest BCUT2D eigenvalue weighted by Crippen LogP contribution is -2.37. The van der Waals surface area contributed by atoms with Crippen LogP contribution < -0.4 is 5.32 Å². The maximum atomic E-state index is 12.4. The molecule has 1 N–H and O–H groups in total. The molecule has 2 saturated heterocycles. The number of esters is 4. The molecule has 13 heteroatoms. The molecule has 0 atom stereocenters. The summed E-state index contributed by atoms with van der Waals surface area (Å²) in [6.07, 6.45) is 5.91. The third kappa shape index (κ3) is 18.6. The lowest BCUT2D eigenvalue weighted by Gasteiger charge is -2.28. The second kappa shape index (κ2) is 20.9. The first-order valence-electron chi connectivity index (χ1n) is 15.3. The van der Waals surface area contributed by atoms with Gasteiger partial charge in [0.1, 0.15) is 19.8 Å². The van der Waals surface area contributed by atoms with Crippen LogP contribution in [0.25, 0.3) is 0 Å². The van der Waals surface area contributed by atoms with Crippen LogP contribution in [0.15, 0.2) is 23.5 Å². The monoisotopic (exact) mass is 625 g/mol. The van der Waals surface area contributed by atoms with E-state index in [1.807, 2.05) is 19.1 Å².